The summed E-state index contributed by atoms with van der Waals surface area (Å²) in [4.78, 5) is 68.8. The fraction of sp³-hybridized carbons (Fsp3) is 0.848. The van der Waals surface area contributed by atoms with Crippen molar-refractivity contribution in [3.63, 3.8) is 0 Å². The topological polar surface area (TPSA) is 171 Å². The third kappa shape index (κ3) is 6.67. The summed E-state index contributed by atoms with van der Waals surface area (Å²) in [7, 11) is -1.97. The predicted octanol–water partition coefficient (Wildman–Crippen LogP) is 2.06. The average Bonchev–Trinajstić information content (AvgIpc) is 3.76. The van der Waals surface area contributed by atoms with Crippen LogP contribution in [0, 0.1) is 28.6 Å². The smallest absolute Gasteiger partial charge is 0.315 e. The van der Waals surface area contributed by atoms with Crippen molar-refractivity contribution in [3.05, 3.63) is 0 Å². The second-order valence-electron chi connectivity index (χ2n) is 16.2. The van der Waals surface area contributed by atoms with Gasteiger partial charge in [0.15, 0.2) is 9.84 Å². The number of rotatable bonds is 10. The van der Waals surface area contributed by atoms with E-state index in [1.165, 1.54) is 7.05 Å². The largest absolute Gasteiger partial charge is 0.353 e. The molecular weight excluding hydrogens is 610 g/mol. The zero-order chi connectivity index (χ0) is 33.8. The first-order chi connectivity index (χ1) is 21.4. The van der Waals surface area contributed by atoms with E-state index in [1.54, 1.807) is 4.90 Å². The number of Topliss-reactive ketones (excluding diaryl/α,β-unsaturated/α-hetero) is 1. The highest BCUT2D eigenvalue weighted by atomic mass is 32.2. The molecule has 5 amide bonds. The van der Waals surface area contributed by atoms with Crippen LogP contribution in [0.25, 0.3) is 0 Å². The fourth-order valence-corrected chi connectivity index (χ4v) is 11.0. The molecule has 12 nitrogen and oxygen atoms in total. The van der Waals surface area contributed by atoms with Crippen LogP contribution in [-0.4, -0.2) is 91.1 Å². The van der Waals surface area contributed by atoms with Gasteiger partial charge in [0.2, 0.25) is 17.6 Å². The molecule has 2 heterocycles. The first-order valence-electron chi connectivity index (χ1n) is 17.1. The monoisotopic (exact) mass is 663 g/mol. The van der Waals surface area contributed by atoms with Crippen molar-refractivity contribution in [2.75, 3.05) is 19.3 Å². The van der Waals surface area contributed by atoms with E-state index in [-0.39, 0.29) is 28.9 Å². The number of urea groups is 1. The van der Waals surface area contributed by atoms with Gasteiger partial charge in [-0.05, 0) is 60.7 Å². The van der Waals surface area contributed by atoms with E-state index >= 15 is 0 Å². The van der Waals surface area contributed by atoms with Gasteiger partial charge in [-0.2, -0.15) is 0 Å². The summed E-state index contributed by atoms with van der Waals surface area (Å²) < 4.78 is 26.0. The molecule has 0 radical (unpaired) electrons. The van der Waals surface area contributed by atoms with Gasteiger partial charge in [0.05, 0.1) is 22.6 Å². The molecule has 0 unspecified atom stereocenters. The summed E-state index contributed by atoms with van der Waals surface area (Å²) in [5.74, 6) is -1.97. The Morgan fingerprint density at radius 2 is 1.59 bits per heavy atom. The lowest BCUT2D eigenvalue weighted by Gasteiger charge is -2.43. The lowest BCUT2D eigenvalue weighted by atomic mass is 9.78. The number of hydrogen-bond donors (Lipinski definition) is 4. The van der Waals surface area contributed by atoms with Crippen molar-refractivity contribution in [3.8, 4) is 0 Å². The molecule has 258 valence electrons. The lowest BCUT2D eigenvalue weighted by Crippen LogP contribution is -2.65. The quantitative estimate of drug-likeness (QED) is 0.259. The Morgan fingerprint density at radius 1 is 0.935 bits per heavy atom. The van der Waals surface area contributed by atoms with E-state index in [0.29, 0.717) is 38.6 Å². The molecule has 0 aromatic heterocycles. The van der Waals surface area contributed by atoms with Crippen LogP contribution in [0.1, 0.15) is 98.8 Å². The first kappa shape index (κ1) is 34.6. The van der Waals surface area contributed by atoms with E-state index in [4.69, 9.17) is 0 Å². The number of likely N-dealkylation sites (N-methyl/N-ethyl adjacent to an activating group) is 1. The summed E-state index contributed by atoms with van der Waals surface area (Å²) in [5.41, 5.74) is -1.79. The first-order valence-corrected chi connectivity index (χ1v) is 18.8. The molecule has 3 aliphatic carbocycles. The Hall–Kier alpha value is -2.70. The van der Waals surface area contributed by atoms with Crippen molar-refractivity contribution < 1.29 is 32.4 Å². The van der Waals surface area contributed by atoms with Gasteiger partial charge in [0.1, 0.15) is 12.1 Å². The molecule has 0 aromatic carbocycles. The zero-order valence-corrected chi connectivity index (χ0v) is 29.1. The third-order valence-electron chi connectivity index (χ3n) is 11.6. The predicted molar refractivity (Wildman–Crippen MR) is 172 cm³/mol. The fourth-order valence-electron chi connectivity index (χ4n) is 8.60. The Balaban J connectivity index is 1.35. The molecule has 13 heteroatoms. The maximum atomic E-state index is 14.4. The summed E-state index contributed by atoms with van der Waals surface area (Å²) in [5, 5.41) is 10.5. The second kappa shape index (κ2) is 12.4. The number of ketones is 1. The van der Waals surface area contributed by atoms with Crippen molar-refractivity contribution in [1.29, 1.82) is 0 Å². The maximum absolute atomic E-state index is 14.4. The molecule has 5 aliphatic rings. The van der Waals surface area contributed by atoms with Crippen molar-refractivity contribution in [2.45, 2.75) is 128 Å². The van der Waals surface area contributed by atoms with Gasteiger partial charge in [-0.1, -0.05) is 66.7 Å². The minimum atomic E-state index is -3.34. The van der Waals surface area contributed by atoms with E-state index in [9.17, 15) is 32.4 Å². The maximum Gasteiger partial charge on any atom is 0.315 e. The van der Waals surface area contributed by atoms with Gasteiger partial charge in [-0.15, -0.1) is 0 Å². The van der Waals surface area contributed by atoms with Gasteiger partial charge in [-0.3, -0.25) is 19.2 Å². The summed E-state index contributed by atoms with van der Waals surface area (Å²) in [6, 6.07) is -3.41. The second-order valence-corrected chi connectivity index (χ2v) is 18.5. The van der Waals surface area contributed by atoms with Gasteiger partial charge < -0.3 is 26.2 Å². The molecule has 0 spiro atoms. The molecule has 5 rings (SSSR count). The number of piperidine rings is 1. The van der Waals surface area contributed by atoms with Crippen LogP contribution >= 0.6 is 0 Å². The Morgan fingerprint density at radius 3 is 2.13 bits per heavy atom. The molecule has 3 saturated carbocycles. The number of amides is 5. The molecule has 5 fully saturated rings. The van der Waals surface area contributed by atoms with Crippen molar-refractivity contribution in [2.24, 2.45) is 28.6 Å². The molecule has 0 bridgehead atoms. The summed E-state index contributed by atoms with van der Waals surface area (Å²) in [6.45, 7) is 10.0. The molecule has 6 atom stereocenters. The van der Waals surface area contributed by atoms with Gasteiger partial charge in [0, 0.05) is 13.6 Å². The van der Waals surface area contributed by atoms with E-state index in [0.717, 1.165) is 32.1 Å². The highest BCUT2D eigenvalue weighted by molar-refractivity contribution is 7.92. The van der Waals surface area contributed by atoms with Crippen LogP contribution in [0.15, 0.2) is 0 Å². The number of carbonyl (C=O) groups is 5. The summed E-state index contributed by atoms with van der Waals surface area (Å²) >= 11 is 0. The van der Waals surface area contributed by atoms with E-state index < -0.39 is 73.7 Å². The number of nitrogens with zero attached hydrogens (tertiary/aromatic N) is 1. The van der Waals surface area contributed by atoms with Gasteiger partial charge in [0.25, 0.3) is 5.91 Å². The lowest BCUT2D eigenvalue weighted by molar-refractivity contribution is -0.145. The van der Waals surface area contributed by atoms with Crippen molar-refractivity contribution >= 4 is 39.4 Å². The van der Waals surface area contributed by atoms with Gasteiger partial charge in [-0.25, -0.2) is 13.2 Å². The van der Waals surface area contributed by atoms with Crippen LogP contribution in [0.2, 0.25) is 0 Å². The highest BCUT2D eigenvalue weighted by Crippen LogP contribution is 2.65. The number of fused-ring (bicyclic) bond motifs is 1. The van der Waals surface area contributed by atoms with Crippen LogP contribution in [-0.2, 0) is 29.0 Å². The highest BCUT2D eigenvalue weighted by Gasteiger charge is 2.70. The van der Waals surface area contributed by atoms with Crippen LogP contribution in [0.3, 0.4) is 0 Å². The van der Waals surface area contributed by atoms with Crippen LogP contribution < -0.4 is 21.3 Å². The number of hydrogen-bond acceptors (Lipinski definition) is 7. The molecule has 4 N–H and O–H groups in total. The summed E-state index contributed by atoms with van der Waals surface area (Å²) in [6.07, 6.45) is 7.11. The average molecular weight is 664 g/mol. The van der Waals surface area contributed by atoms with Gasteiger partial charge >= 0.3 is 6.03 Å². The third-order valence-corrected chi connectivity index (χ3v) is 14.0. The Labute approximate surface area is 273 Å². The van der Waals surface area contributed by atoms with E-state index in [1.807, 2.05) is 20.8 Å². The SMILES string of the molecule is CNC(=O)C(=O)[C@H](CC1CC1)NC(=O)[C@@H]1[C@@H]2[C@H](CN1C(=O)[C@@H](NC(=O)NC1([C@@H]3CCCS3(=O)=O)CCCCC1)C(C)(C)C)C2(C)C. The Bertz CT molecular complexity index is 1360. The van der Waals surface area contributed by atoms with Crippen molar-refractivity contribution in [1.82, 2.24) is 26.2 Å². The molecule has 46 heavy (non-hydrogen) atoms. The van der Waals surface area contributed by atoms with Crippen LogP contribution in [0.5, 0.6) is 0 Å². The minimum absolute atomic E-state index is 0.0799. The molecule has 2 aliphatic heterocycles. The van der Waals surface area contributed by atoms with E-state index in [2.05, 4.69) is 35.1 Å². The normalized spacial score (nSPS) is 30.3. The van der Waals surface area contributed by atoms with Crippen LogP contribution in [0.4, 0.5) is 4.79 Å². The number of nitrogens with one attached hydrogen (secondary N) is 4. The minimum Gasteiger partial charge on any atom is -0.353 e. The standard InChI is InChI=1S/C33H53N5O7S/c1-31(2,3)26(36-30(43)37-33(14-8-7-9-15-33)22-11-10-16-46(22,44)45)29(42)38-18-20-23(32(20,4)5)24(38)27(40)35-21(17-19-12-13-19)25(39)28(41)34-6/h19-24,26H,7-18H2,1-6H3,(H,34,41)(H,35,40)(H2,36,37,43)/t20-,21-,22-,23-,24-,26+/m0/s1. The molecular formula is C33H53N5O7S. The number of likely N-dealkylation sites (tertiary alicyclic amines) is 1. The Kier molecular flexibility index (Phi) is 9.33. The molecule has 2 saturated heterocycles. The zero-order valence-electron chi connectivity index (χ0n) is 28.2. The number of sulfone groups is 1. The molecule has 0 aromatic rings. The number of carbonyl (C=O) groups excluding carboxylic acids is 5.